The summed E-state index contributed by atoms with van der Waals surface area (Å²) in [5, 5.41) is 4.55. The molecular formula is C22H24ClN3O5S. The Labute approximate surface area is 191 Å². The zero-order valence-electron chi connectivity index (χ0n) is 18.0. The van der Waals surface area contributed by atoms with Gasteiger partial charge in [-0.25, -0.2) is 17.8 Å². The molecule has 0 aliphatic heterocycles. The maximum absolute atomic E-state index is 12.7. The Morgan fingerprint density at radius 2 is 1.84 bits per heavy atom. The highest BCUT2D eigenvalue weighted by atomic mass is 35.5. The van der Waals surface area contributed by atoms with Gasteiger partial charge in [-0.15, -0.1) is 0 Å². The van der Waals surface area contributed by atoms with E-state index >= 15 is 0 Å². The minimum atomic E-state index is -3.84. The maximum Gasteiger partial charge on any atom is 0.266 e. The third-order valence-corrected chi connectivity index (χ3v) is 6.58. The first-order valence-electron chi connectivity index (χ1n) is 9.90. The number of methoxy groups -OCH3 is 1. The number of halogens is 1. The zero-order chi connectivity index (χ0) is 23.3. The maximum atomic E-state index is 12.7. The molecule has 32 heavy (non-hydrogen) atoms. The summed E-state index contributed by atoms with van der Waals surface area (Å²) < 4.78 is 39.7. The Balaban J connectivity index is 1.74. The highest BCUT2D eigenvalue weighted by molar-refractivity contribution is 7.89. The monoisotopic (exact) mass is 477 g/mol. The lowest BCUT2D eigenvalue weighted by Gasteiger charge is -2.12. The number of nitrogens with one attached hydrogen (secondary N) is 1. The first kappa shape index (κ1) is 23.8. The van der Waals surface area contributed by atoms with Gasteiger partial charge in [-0.05, 0) is 61.9 Å². The van der Waals surface area contributed by atoms with Crippen molar-refractivity contribution >= 4 is 21.6 Å². The van der Waals surface area contributed by atoms with Crippen LogP contribution >= 0.6 is 11.6 Å². The standard InChI is InChI=1S/C22H24ClN3O5S/c1-4-31-17-7-5-16(6-8-17)19-9-10-22(27)26(25-19)12-11-24-32(28,29)21-14-18(23)20(30-3)13-15(21)2/h5-10,13-14,24H,4,11-12H2,1-3H3. The van der Waals surface area contributed by atoms with Crippen LogP contribution in [-0.2, 0) is 16.6 Å². The van der Waals surface area contributed by atoms with Crippen molar-refractivity contribution in [2.24, 2.45) is 0 Å². The van der Waals surface area contributed by atoms with Crippen molar-refractivity contribution in [1.29, 1.82) is 0 Å². The molecule has 0 aliphatic carbocycles. The van der Waals surface area contributed by atoms with Gasteiger partial charge in [0.1, 0.15) is 11.5 Å². The Hall–Kier alpha value is -2.88. The summed E-state index contributed by atoms with van der Waals surface area (Å²) >= 11 is 6.08. The second-order valence-electron chi connectivity index (χ2n) is 6.89. The minimum Gasteiger partial charge on any atom is -0.495 e. The van der Waals surface area contributed by atoms with Crippen LogP contribution in [0.2, 0.25) is 5.02 Å². The van der Waals surface area contributed by atoms with E-state index in [1.807, 2.05) is 31.2 Å². The number of hydrogen-bond acceptors (Lipinski definition) is 6. The van der Waals surface area contributed by atoms with Crippen molar-refractivity contribution in [3.05, 3.63) is 69.5 Å². The zero-order valence-corrected chi connectivity index (χ0v) is 19.5. The van der Waals surface area contributed by atoms with Gasteiger partial charge < -0.3 is 9.47 Å². The fourth-order valence-electron chi connectivity index (χ4n) is 3.10. The van der Waals surface area contributed by atoms with Gasteiger partial charge in [0.25, 0.3) is 5.56 Å². The van der Waals surface area contributed by atoms with E-state index in [-0.39, 0.29) is 28.6 Å². The topological polar surface area (TPSA) is 99.5 Å². The van der Waals surface area contributed by atoms with Crippen molar-refractivity contribution in [3.8, 4) is 22.8 Å². The first-order valence-corrected chi connectivity index (χ1v) is 11.8. The molecule has 0 radical (unpaired) electrons. The van der Waals surface area contributed by atoms with Crippen molar-refractivity contribution in [2.45, 2.75) is 25.3 Å². The molecule has 1 aromatic heterocycles. The van der Waals surface area contributed by atoms with E-state index in [1.165, 1.54) is 23.9 Å². The average molecular weight is 478 g/mol. The van der Waals surface area contributed by atoms with Gasteiger partial charge in [0.05, 0.1) is 35.9 Å². The highest BCUT2D eigenvalue weighted by Crippen LogP contribution is 2.30. The minimum absolute atomic E-state index is 0.0228. The van der Waals surface area contributed by atoms with Gasteiger partial charge in [0, 0.05) is 18.2 Å². The van der Waals surface area contributed by atoms with E-state index in [2.05, 4.69) is 9.82 Å². The molecular weight excluding hydrogens is 454 g/mol. The third kappa shape index (κ3) is 5.48. The SMILES string of the molecule is CCOc1ccc(-c2ccc(=O)n(CCNS(=O)(=O)c3cc(Cl)c(OC)cc3C)n2)cc1. The van der Waals surface area contributed by atoms with Crippen LogP contribution in [-0.4, -0.2) is 38.5 Å². The summed E-state index contributed by atoms with van der Waals surface area (Å²) in [5.74, 6) is 1.14. The van der Waals surface area contributed by atoms with Crippen molar-refractivity contribution in [1.82, 2.24) is 14.5 Å². The second kappa shape index (κ2) is 10.2. The van der Waals surface area contributed by atoms with Crippen LogP contribution in [0.5, 0.6) is 11.5 Å². The molecule has 0 saturated heterocycles. The number of sulfonamides is 1. The van der Waals surface area contributed by atoms with E-state index < -0.39 is 10.0 Å². The number of benzene rings is 2. The van der Waals surface area contributed by atoms with Crippen LogP contribution in [0.3, 0.4) is 0 Å². The summed E-state index contributed by atoms with van der Waals surface area (Å²) in [6.07, 6.45) is 0. The molecule has 8 nitrogen and oxygen atoms in total. The predicted octanol–water partition coefficient (Wildman–Crippen LogP) is 3.26. The van der Waals surface area contributed by atoms with Gasteiger partial charge in [0.15, 0.2) is 0 Å². The molecule has 1 heterocycles. The summed E-state index contributed by atoms with van der Waals surface area (Å²) in [6, 6.07) is 13.3. The molecule has 0 amide bonds. The van der Waals surface area contributed by atoms with E-state index in [9.17, 15) is 13.2 Å². The average Bonchev–Trinajstić information content (AvgIpc) is 2.77. The van der Waals surface area contributed by atoms with Gasteiger partial charge in [-0.1, -0.05) is 11.6 Å². The molecule has 3 rings (SSSR count). The Bertz CT molecular complexity index is 1260. The van der Waals surface area contributed by atoms with Crippen LogP contribution in [0.25, 0.3) is 11.3 Å². The van der Waals surface area contributed by atoms with E-state index in [1.54, 1.807) is 19.1 Å². The highest BCUT2D eigenvalue weighted by Gasteiger charge is 2.19. The van der Waals surface area contributed by atoms with Crippen LogP contribution in [0, 0.1) is 6.92 Å². The predicted molar refractivity (Wildman–Crippen MR) is 123 cm³/mol. The van der Waals surface area contributed by atoms with Crippen LogP contribution in [0.4, 0.5) is 0 Å². The normalized spacial score (nSPS) is 11.4. The third-order valence-electron chi connectivity index (χ3n) is 4.68. The molecule has 0 aliphatic rings. The summed E-state index contributed by atoms with van der Waals surface area (Å²) in [4.78, 5) is 12.3. The van der Waals surface area contributed by atoms with E-state index in [0.717, 1.165) is 11.3 Å². The van der Waals surface area contributed by atoms with Crippen LogP contribution < -0.4 is 19.8 Å². The van der Waals surface area contributed by atoms with Gasteiger partial charge >= 0.3 is 0 Å². The largest absolute Gasteiger partial charge is 0.495 e. The van der Waals surface area contributed by atoms with E-state index in [0.29, 0.717) is 23.6 Å². The fraction of sp³-hybridized carbons (Fsp3) is 0.273. The molecule has 10 heteroatoms. The van der Waals surface area contributed by atoms with Crippen molar-refractivity contribution < 1.29 is 17.9 Å². The number of aromatic nitrogens is 2. The summed E-state index contributed by atoms with van der Waals surface area (Å²) in [5.41, 5.74) is 1.56. The number of hydrogen-bond donors (Lipinski definition) is 1. The Morgan fingerprint density at radius 1 is 1.12 bits per heavy atom. The molecule has 170 valence electrons. The Kier molecular flexibility index (Phi) is 7.55. The van der Waals surface area contributed by atoms with Gasteiger partial charge in [-0.2, -0.15) is 5.10 Å². The molecule has 2 aromatic carbocycles. The molecule has 0 spiro atoms. The molecule has 1 N–H and O–H groups in total. The molecule has 0 atom stereocenters. The lowest BCUT2D eigenvalue weighted by atomic mass is 10.1. The fourth-order valence-corrected chi connectivity index (χ4v) is 4.67. The Morgan fingerprint density at radius 3 is 2.50 bits per heavy atom. The smallest absolute Gasteiger partial charge is 0.266 e. The van der Waals surface area contributed by atoms with Crippen molar-refractivity contribution in [2.75, 3.05) is 20.3 Å². The molecule has 0 unspecified atom stereocenters. The van der Waals surface area contributed by atoms with E-state index in [4.69, 9.17) is 21.1 Å². The molecule has 0 saturated carbocycles. The molecule has 0 bridgehead atoms. The quantitative estimate of drug-likeness (QED) is 0.507. The summed E-state index contributed by atoms with van der Waals surface area (Å²) in [6.45, 7) is 4.17. The summed E-state index contributed by atoms with van der Waals surface area (Å²) in [7, 11) is -2.38. The van der Waals surface area contributed by atoms with Gasteiger partial charge in [-0.3, -0.25) is 4.79 Å². The second-order valence-corrected chi connectivity index (χ2v) is 9.03. The number of aryl methyl sites for hydroxylation is 1. The number of ether oxygens (including phenoxy) is 2. The lowest BCUT2D eigenvalue weighted by molar-refractivity contribution is 0.340. The number of nitrogens with zero attached hydrogens (tertiary/aromatic N) is 2. The molecule has 0 fully saturated rings. The van der Waals surface area contributed by atoms with Gasteiger partial charge in [0.2, 0.25) is 10.0 Å². The molecule has 3 aromatic rings. The van der Waals surface area contributed by atoms with Crippen LogP contribution in [0.1, 0.15) is 12.5 Å². The van der Waals surface area contributed by atoms with Crippen molar-refractivity contribution in [3.63, 3.8) is 0 Å². The first-order chi connectivity index (χ1) is 15.2. The number of rotatable bonds is 9. The lowest BCUT2D eigenvalue weighted by Crippen LogP contribution is -2.32. The van der Waals surface area contributed by atoms with Crippen LogP contribution in [0.15, 0.2) is 58.2 Å².